The van der Waals surface area contributed by atoms with Crippen molar-refractivity contribution >= 4 is 23.5 Å². The summed E-state index contributed by atoms with van der Waals surface area (Å²) in [6.07, 6.45) is 5.20. The van der Waals surface area contributed by atoms with Gasteiger partial charge in [0.2, 0.25) is 0 Å². The topological polar surface area (TPSA) is 21.3 Å². The highest BCUT2D eigenvalue weighted by Crippen LogP contribution is 2.37. The van der Waals surface area contributed by atoms with Gasteiger partial charge in [0, 0.05) is 41.3 Å². The second-order valence-electron chi connectivity index (χ2n) is 5.61. The minimum absolute atomic E-state index is 0.704. The number of hydrogen-bond donors (Lipinski definition) is 1. The fourth-order valence-electron chi connectivity index (χ4n) is 3.25. The van der Waals surface area contributed by atoms with Gasteiger partial charge in [0.25, 0.3) is 0 Å². The molecule has 2 aliphatic rings. The van der Waals surface area contributed by atoms with Crippen LogP contribution in [0.4, 0.5) is 0 Å². The van der Waals surface area contributed by atoms with Crippen LogP contribution in [-0.4, -0.2) is 47.8 Å². The minimum atomic E-state index is 0.704. The Morgan fingerprint density at radius 3 is 2.58 bits per heavy atom. The zero-order chi connectivity index (χ0) is 13.5. The Morgan fingerprint density at radius 2 is 1.89 bits per heavy atom. The monoisotopic (exact) mass is 303 g/mol. The van der Waals surface area contributed by atoms with E-state index in [1.54, 1.807) is 0 Å². The highest BCUT2D eigenvalue weighted by molar-refractivity contribution is 8.07. The summed E-state index contributed by atoms with van der Waals surface area (Å²) in [5.41, 5.74) is 0. The van der Waals surface area contributed by atoms with Gasteiger partial charge in [-0.3, -0.25) is 0 Å². The lowest BCUT2D eigenvalue weighted by molar-refractivity contribution is 0.0605. The maximum absolute atomic E-state index is 5.50. The van der Waals surface area contributed by atoms with E-state index in [0.717, 1.165) is 36.2 Å². The summed E-state index contributed by atoms with van der Waals surface area (Å²) in [7, 11) is 0. The van der Waals surface area contributed by atoms with Crippen molar-refractivity contribution in [3.05, 3.63) is 0 Å². The van der Waals surface area contributed by atoms with Crippen molar-refractivity contribution in [2.24, 2.45) is 5.92 Å². The third kappa shape index (κ3) is 4.83. The molecule has 0 aromatic rings. The average Bonchev–Trinajstić information content (AvgIpc) is 2.48. The van der Waals surface area contributed by atoms with E-state index >= 15 is 0 Å². The van der Waals surface area contributed by atoms with E-state index in [2.05, 4.69) is 42.7 Å². The third-order valence-electron chi connectivity index (χ3n) is 4.29. The van der Waals surface area contributed by atoms with Gasteiger partial charge in [0.15, 0.2) is 0 Å². The lowest BCUT2D eigenvalue weighted by Crippen LogP contribution is -2.46. The molecular formula is C15H29NOS2. The Kier molecular flexibility index (Phi) is 7.42. The summed E-state index contributed by atoms with van der Waals surface area (Å²) in [5, 5.41) is 5.45. The Bertz CT molecular complexity index is 246. The summed E-state index contributed by atoms with van der Waals surface area (Å²) in [6, 6.07) is 0.704. The van der Waals surface area contributed by atoms with Gasteiger partial charge in [0.1, 0.15) is 0 Å². The van der Waals surface area contributed by atoms with Crippen molar-refractivity contribution in [2.45, 2.75) is 56.1 Å². The van der Waals surface area contributed by atoms with Crippen molar-refractivity contribution in [2.75, 3.05) is 31.3 Å². The van der Waals surface area contributed by atoms with Crippen molar-refractivity contribution in [1.82, 2.24) is 5.32 Å². The van der Waals surface area contributed by atoms with Gasteiger partial charge in [-0.1, -0.05) is 13.8 Å². The third-order valence-corrected chi connectivity index (χ3v) is 7.69. The molecule has 2 saturated heterocycles. The summed E-state index contributed by atoms with van der Waals surface area (Å²) in [6.45, 7) is 7.67. The fraction of sp³-hybridized carbons (Fsp3) is 1.00. The number of ether oxygens (including phenoxy) is 1. The molecule has 2 nitrogen and oxygen atoms in total. The Balaban J connectivity index is 1.92. The number of hydrogen-bond acceptors (Lipinski definition) is 4. The highest BCUT2D eigenvalue weighted by atomic mass is 32.2. The first-order chi connectivity index (χ1) is 9.35. The van der Waals surface area contributed by atoms with Crippen LogP contribution in [0.25, 0.3) is 0 Å². The molecule has 2 aliphatic heterocycles. The van der Waals surface area contributed by atoms with Crippen molar-refractivity contribution in [1.29, 1.82) is 0 Å². The summed E-state index contributed by atoms with van der Waals surface area (Å²) in [4.78, 5) is 0. The van der Waals surface area contributed by atoms with Crippen molar-refractivity contribution in [3.8, 4) is 0 Å². The first-order valence-corrected chi connectivity index (χ1v) is 9.99. The minimum Gasteiger partial charge on any atom is -0.381 e. The molecule has 0 saturated carbocycles. The van der Waals surface area contributed by atoms with E-state index in [-0.39, 0.29) is 0 Å². The lowest BCUT2D eigenvalue weighted by Gasteiger charge is -2.38. The molecule has 1 N–H and O–H groups in total. The van der Waals surface area contributed by atoms with Crippen LogP contribution >= 0.6 is 23.5 Å². The standard InChI is InChI=1S/C15H29NOS2/c1-3-14-15(19-10-9-18-14)13(16-4-2)11-12-5-7-17-8-6-12/h12-16H,3-11H2,1-2H3. The van der Waals surface area contributed by atoms with E-state index in [9.17, 15) is 0 Å². The highest BCUT2D eigenvalue weighted by Gasteiger charge is 2.33. The van der Waals surface area contributed by atoms with Crippen LogP contribution in [0.5, 0.6) is 0 Å². The number of thioether (sulfide) groups is 2. The van der Waals surface area contributed by atoms with Crippen LogP contribution in [0.15, 0.2) is 0 Å². The number of rotatable bonds is 6. The average molecular weight is 304 g/mol. The van der Waals surface area contributed by atoms with Crippen LogP contribution in [0, 0.1) is 5.92 Å². The van der Waals surface area contributed by atoms with Gasteiger partial charge in [-0.15, -0.1) is 0 Å². The van der Waals surface area contributed by atoms with Crippen LogP contribution < -0.4 is 5.32 Å². The molecule has 19 heavy (non-hydrogen) atoms. The second kappa shape index (κ2) is 8.81. The van der Waals surface area contributed by atoms with Gasteiger partial charge in [-0.05, 0) is 38.1 Å². The molecular weight excluding hydrogens is 274 g/mol. The smallest absolute Gasteiger partial charge is 0.0468 e. The molecule has 4 heteroatoms. The molecule has 2 heterocycles. The van der Waals surface area contributed by atoms with E-state index in [1.165, 1.54) is 37.2 Å². The molecule has 3 unspecified atom stereocenters. The predicted octanol–water partition coefficient (Wildman–Crippen LogP) is 3.41. The number of nitrogens with one attached hydrogen (secondary N) is 1. The van der Waals surface area contributed by atoms with Crippen LogP contribution in [0.3, 0.4) is 0 Å². The molecule has 0 spiro atoms. The van der Waals surface area contributed by atoms with E-state index in [0.29, 0.717) is 6.04 Å². The Morgan fingerprint density at radius 1 is 1.16 bits per heavy atom. The molecule has 0 aromatic heterocycles. The molecule has 3 atom stereocenters. The van der Waals surface area contributed by atoms with Gasteiger partial charge < -0.3 is 10.1 Å². The maximum Gasteiger partial charge on any atom is 0.0468 e. The fourth-order valence-corrected chi connectivity index (χ4v) is 6.53. The molecule has 2 rings (SSSR count). The van der Waals surface area contributed by atoms with E-state index in [1.807, 2.05) is 0 Å². The van der Waals surface area contributed by atoms with E-state index < -0.39 is 0 Å². The second-order valence-corrected chi connectivity index (χ2v) is 8.24. The van der Waals surface area contributed by atoms with Crippen molar-refractivity contribution in [3.63, 3.8) is 0 Å². The van der Waals surface area contributed by atoms with Gasteiger partial charge >= 0.3 is 0 Å². The molecule has 0 amide bonds. The first-order valence-electron chi connectivity index (χ1n) is 7.89. The molecule has 0 aromatic carbocycles. The molecule has 2 fully saturated rings. The SMILES string of the molecule is CCNC(CC1CCOCC1)C1SCCSC1CC. The van der Waals surface area contributed by atoms with E-state index in [4.69, 9.17) is 4.74 Å². The molecule has 0 bridgehead atoms. The summed E-state index contributed by atoms with van der Waals surface area (Å²) < 4.78 is 5.50. The summed E-state index contributed by atoms with van der Waals surface area (Å²) >= 11 is 4.42. The van der Waals surface area contributed by atoms with Gasteiger partial charge in [-0.2, -0.15) is 23.5 Å². The Hall–Kier alpha value is 0.620. The summed E-state index contributed by atoms with van der Waals surface area (Å²) in [5.74, 6) is 3.56. The molecule has 0 radical (unpaired) electrons. The zero-order valence-corrected chi connectivity index (χ0v) is 14.0. The quantitative estimate of drug-likeness (QED) is 0.811. The zero-order valence-electron chi connectivity index (χ0n) is 12.4. The lowest BCUT2D eigenvalue weighted by atomic mass is 9.90. The normalized spacial score (nSPS) is 31.3. The van der Waals surface area contributed by atoms with Crippen LogP contribution in [-0.2, 0) is 4.74 Å². The molecule has 0 aliphatic carbocycles. The van der Waals surface area contributed by atoms with Crippen LogP contribution in [0.2, 0.25) is 0 Å². The largest absolute Gasteiger partial charge is 0.381 e. The van der Waals surface area contributed by atoms with Crippen LogP contribution in [0.1, 0.15) is 39.5 Å². The molecule has 112 valence electrons. The Labute approximate surface area is 127 Å². The van der Waals surface area contributed by atoms with Crippen molar-refractivity contribution < 1.29 is 4.74 Å². The van der Waals surface area contributed by atoms with Gasteiger partial charge in [-0.25, -0.2) is 0 Å². The van der Waals surface area contributed by atoms with Gasteiger partial charge in [0.05, 0.1) is 0 Å². The maximum atomic E-state index is 5.50. The predicted molar refractivity (Wildman–Crippen MR) is 88.4 cm³/mol. The first kappa shape index (κ1) is 16.0.